The van der Waals surface area contributed by atoms with E-state index in [1.165, 1.54) is 24.7 Å². The number of aromatic nitrogens is 4. The summed E-state index contributed by atoms with van der Waals surface area (Å²) in [5, 5.41) is 3.56. The van der Waals surface area contributed by atoms with E-state index in [1.54, 1.807) is 0 Å². The van der Waals surface area contributed by atoms with E-state index in [-0.39, 0.29) is 17.9 Å². The number of carbonyl (C=O) groups excluding carboxylic acids is 1. The Hall–Kier alpha value is -2.51. The van der Waals surface area contributed by atoms with Crippen LogP contribution in [0.15, 0.2) is 26.7 Å². The van der Waals surface area contributed by atoms with Gasteiger partial charge in [0.15, 0.2) is 11.6 Å². The predicted octanol–water partition coefficient (Wildman–Crippen LogP) is -0.819. The lowest BCUT2D eigenvalue weighted by Crippen LogP contribution is -2.40. The normalized spacial score (nSPS) is 10.6. The molecule has 0 fully saturated rings. The molecule has 0 saturated heterocycles. The second kappa shape index (κ2) is 4.40. The summed E-state index contributed by atoms with van der Waals surface area (Å²) in [6, 6.07) is 0. The zero-order valence-corrected chi connectivity index (χ0v) is 9.78. The lowest BCUT2D eigenvalue weighted by molar-refractivity contribution is 0.101. The van der Waals surface area contributed by atoms with Crippen LogP contribution in [0.2, 0.25) is 0 Å². The SMILES string of the molecule is CC(=O)c1cn(Cc2ncon2)c(=O)n(C)c1=O. The summed E-state index contributed by atoms with van der Waals surface area (Å²) in [6.07, 6.45) is 2.34. The van der Waals surface area contributed by atoms with Crippen molar-refractivity contribution in [2.75, 3.05) is 0 Å². The Kier molecular flexibility index (Phi) is 2.92. The van der Waals surface area contributed by atoms with Crippen LogP contribution in [-0.2, 0) is 13.6 Å². The minimum absolute atomic E-state index is 0.0315. The highest BCUT2D eigenvalue weighted by atomic mass is 16.5. The molecule has 0 aromatic carbocycles. The lowest BCUT2D eigenvalue weighted by Gasteiger charge is -2.06. The molecule has 18 heavy (non-hydrogen) atoms. The first-order chi connectivity index (χ1) is 8.50. The van der Waals surface area contributed by atoms with Gasteiger partial charge in [0.25, 0.3) is 5.56 Å². The Morgan fingerprint density at radius 1 is 1.44 bits per heavy atom. The van der Waals surface area contributed by atoms with Gasteiger partial charge >= 0.3 is 5.69 Å². The number of carbonyl (C=O) groups is 1. The predicted molar refractivity (Wildman–Crippen MR) is 59.3 cm³/mol. The van der Waals surface area contributed by atoms with Crippen LogP contribution in [-0.4, -0.2) is 25.1 Å². The van der Waals surface area contributed by atoms with Crippen molar-refractivity contribution in [3.8, 4) is 0 Å². The average Bonchev–Trinajstić information content (AvgIpc) is 2.82. The van der Waals surface area contributed by atoms with Crippen molar-refractivity contribution in [2.45, 2.75) is 13.5 Å². The molecule has 2 aromatic rings. The number of hydrogen-bond acceptors (Lipinski definition) is 6. The summed E-state index contributed by atoms with van der Waals surface area (Å²) >= 11 is 0. The van der Waals surface area contributed by atoms with Crippen LogP contribution in [0.1, 0.15) is 23.1 Å². The molecule has 0 radical (unpaired) electrons. The molecule has 2 heterocycles. The highest BCUT2D eigenvalue weighted by Gasteiger charge is 2.13. The number of hydrogen-bond donors (Lipinski definition) is 0. The molecule has 0 bridgehead atoms. The summed E-state index contributed by atoms with van der Waals surface area (Å²) in [5.74, 6) is -0.122. The van der Waals surface area contributed by atoms with Gasteiger partial charge in [0.05, 0.1) is 12.1 Å². The van der Waals surface area contributed by atoms with Gasteiger partial charge in [0.1, 0.15) is 0 Å². The van der Waals surface area contributed by atoms with E-state index in [4.69, 9.17) is 0 Å². The Labute approximate surface area is 100 Å². The van der Waals surface area contributed by atoms with E-state index in [0.717, 1.165) is 11.0 Å². The number of Topliss-reactive ketones (excluding diaryl/α,β-unsaturated/α-hetero) is 1. The minimum Gasteiger partial charge on any atom is -0.343 e. The lowest BCUT2D eigenvalue weighted by atomic mass is 10.2. The summed E-state index contributed by atoms with van der Waals surface area (Å²) in [4.78, 5) is 38.6. The maximum atomic E-state index is 11.8. The zero-order chi connectivity index (χ0) is 13.3. The molecule has 0 saturated carbocycles. The standard InChI is InChI=1S/C10H10N4O4/c1-6(15)7-3-14(4-8-11-5-18-12-8)10(17)13(2)9(7)16/h3,5H,4H2,1-2H3. The van der Waals surface area contributed by atoms with Crippen LogP contribution < -0.4 is 11.2 Å². The second-order valence-electron chi connectivity index (χ2n) is 3.72. The van der Waals surface area contributed by atoms with Crippen molar-refractivity contribution in [3.63, 3.8) is 0 Å². The molecule has 0 atom stereocenters. The van der Waals surface area contributed by atoms with E-state index in [9.17, 15) is 14.4 Å². The van der Waals surface area contributed by atoms with Gasteiger partial charge in [-0.3, -0.25) is 18.7 Å². The minimum atomic E-state index is -0.614. The van der Waals surface area contributed by atoms with Crippen molar-refractivity contribution in [1.29, 1.82) is 0 Å². The molecule has 8 nitrogen and oxygen atoms in total. The molecule has 2 rings (SSSR count). The Morgan fingerprint density at radius 2 is 2.17 bits per heavy atom. The molecule has 0 aliphatic carbocycles. The van der Waals surface area contributed by atoms with Crippen molar-refractivity contribution in [2.24, 2.45) is 7.05 Å². The quantitative estimate of drug-likeness (QED) is 0.660. The summed E-state index contributed by atoms with van der Waals surface area (Å²) in [5.41, 5.74) is -1.22. The maximum Gasteiger partial charge on any atom is 0.331 e. The molecule has 0 unspecified atom stereocenters. The van der Waals surface area contributed by atoms with Crippen molar-refractivity contribution < 1.29 is 9.32 Å². The summed E-state index contributed by atoms with van der Waals surface area (Å²) in [7, 11) is 1.31. The number of nitrogens with zero attached hydrogens (tertiary/aromatic N) is 4. The molecular weight excluding hydrogens is 240 g/mol. The first kappa shape index (κ1) is 12.0. The van der Waals surface area contributed by atoms with Gasteiger partial charge in [-0.1, -0.05) is 5.16 Å². The molecule has 94 valence electrons. The van der Waals surface area contributed by atoms with E-state index in [1.807, 2.05) is 0 Å². The van der Waals surface area contributed by atoms with Crippen molar-refractivity contribution in [3.05, 3.63) is 44.8 Å². The van der Waals surface area contributed by atoms with Crippen LogP contribution in [0.5, 0.6) is 0 Å². The second-order valence-corrected chi connectivity index (χ2v) is 3.72. The number of rotatable bonds is 3. The Morgan fingerprint density at radius 3 is 2.72 bits per heavy atom. The third-order valence-corrected chi connectivity index (χ3v) is 2.45. The fourth-order valence-corrected chi connectivity index (χ4v) is 1.50. The molecule has 8 heteroatoms. The molecule has 0 aliphatic rings. The molecule has 0 spiro atoms. The Balaban J connectivity index is 2.58. The summed E-state index contributed by atoms with van der Waals surface area (Å²) < 4.78 is 6.60. The van der Waals surface area contributed by atoms with Gasteiger partial charge in [-0.05, 0) is 6.92 Å². The first-order valence-corrected chi connectivity index (χ1v) is 5.07. The topological polar surface area (TPSA) is 100.0 Å². The van der Waals surface area contributed by atoms with Gasteiger partial charge in [-0.25, -0.2) is 4.79 Å². The van der Waals surface area contributed by atoms with Gasteiger partial charge < -0.3 is 4.52 Å². The first-order valence-electron chi connectivity index (χ1n) is 5.07. The van der Waals surface area contributed by atoms with Crippen LogP contribution in [0.3, 0.4) is 0 Å². The van der Waals surface area contributed by atoms with Gasteiger partial charge in [-0.2, -0.15) is 4.98 Å². The van der Waals surface area contributed by atoms with Crippen LogP contribution in [0.4, 0.5) is 0 Å². The highest BCUT2D eigenvalue weighted by molar-refractivity contribution is 5.93. The van der Waals surface area contributed by atoms with Crippen LogP contribution in [0, 0.1) is 0 Å². The average molecular weight is 250 g/mol. The third-order valence-electron chi connectivity index (χ3n) is 2.45. The van der Waals surface area contributed by atoms with E-state index < -0.39 is 17.0 Å². The smallest absolute Gasteiger partial charge is 0.331 e. The van der Waals surface area contributed by atoms with Crippen molar-refractivity contribution in [1.82, 2.24) is 19.3 Å². The molecule has 0 N–H and O–H groups in total. The van der Waals surface area contributed by atoms with Gasteiger partial charge in [-0.15, -0.1) is 0 Å². The van der Waals surface area contributed by atoms with Crippen molar-refractivity contribution >= 4 is 5.78 Å². The fraction of sp³-hybridized carbons (Fsp3) is 0.300. The molecule has 0 amide bonds. The highest BCUT2D eigenvalue weighted by Crippen LogP contribution is 1.95. The summed E-state index contributed by atoms with van der Waals surface area (Å²) in [6.45, 7) is 1.30. The number of ketones is 1. The molecule has 2 aromatic heterocycles. The Bertz CT molecular complexity index is 696. The van der Waals surface area contributed by atoms with E-state index in [2.05, 4.69) is 14.7 Å². The van der Waals surface area contributed by atoms with Gasteiger partial charge in [0.2, 0.25) is 6.39 Å². The zero-order valence-electron chi connectivity index (χ0n) is 9.78. The molecular formula is C10H10N4O4. The largest absolute Gasteiger partial charge is 0.343 e. The van der Waals surface area contributed by atoms with E-state index >= 15 is 0 Å². The van der Waals surface area contributed by atoms with E-state index in [0.29, 0.717) is 0 Å². The van der Waals surface area contributed by atoms with Crippen LogP contribution >= 0.6 is 0 Å². The van der Waals surface area contributed by atoms with Crippen LogP contribution in [0.25, 0.3) is 0 Å². The maximum absolute atomic E-state index is 11.8. The molecule has 0 aliphatic heterocycles. The monoisotopic (exact) mass is 250 g/mol. The third kappa shape index (κ3) is 1.99. The fourth-order valence-electron chi connectivity index (χ4n) is 1.50. The van der Waals surface area contributed by atoms with Gasteiger partial charge in [0, 0.05) is 13.2 Å².